The number of carbonyl (C=O) groups is 1. The van der Waals surface area contributed by atoms with Crippen molar-refractivity contribution in [1.82, 2.24) is 20.2 Å². The number of nitrogens with zero attached hydrogens (tertiary/aromatic N) is 4. The van der Waals surface area contributed by atoms with Crippen molar-refractivity contribution in [3.05, 3.63) is 60.4 Å². The van der Waals surface area contributed by atoms with Gasteiger partial charge in [-0.05, 0) is 36.4 Å². The number of nitrogens with one attached hydrogen (secondary N) is 2. The number of aromatic nitrogens is 4. The lowest BCUT2D eigenvalue weighted by Gasteiger charge is -2.12. The molecule has 0 atom stereocenters. The summed E-state index contributed by atoms with van der Waals surface area (Å²) in [4.78, 5) is 12.2. The number of rotatable bonds is 3. The number of hydrogen-bond donors (Lipinski definition) is 2. The van der Waals surface area contributed by atoms with Crippen molar-refractivity contribution in [3.63, 3.8) is 0 Å². The van der Waals surface area contributed by atoms with E-state index in [0.717, 1.165) is 16.7 Å². The van der Waals surface area contributed by atoms with Crippen LogP contribution in [-0.4, -0.2) is 26.2 Å². The first-order valence-electron chi connectivity index (χ1n) is 8.86. The maximum absolute atomic E-state index is 12.2. The van der Waals surface area contributed by atoms with E-state index >= 15 is 0 Å². The fourth-order valence-corrected chi connectivity index (χ4v) is 2.71. The van der Waals surface area contributed by atoms with Crippen LogP contribution in [-0.2, 0) is 5.41 Å². The van der Waals surface area contributed by atoms with Crippen LogP contribution >= 0.6 is 0 Å². The number of amides is 2. The quantitative estimate of drug-likeness (QED) is 0.554. The summed E-state index contributed by atoms with van der Waals surface area (Å²) in [6.07, 6.45) is 0. The van der Waals surface area contributed by atoms with Gasteiger partial charge in [0.15, 0.2) is 5.82 Å². The van der Waals surface area contributed by atoms with E-state index in [1.165, 1.54) is 0 Å². The summed E-state index contributed by atoms with van der Waals surface area (Å²) in [7, 11) is 0. The van der Waals surface area contributed by atoms with Crippen molar-refractivity contribution in [1.29, 1.82) is 0 Å². The monoisotopic (exact) mass is 376 g/mol. The van der Waals surface area contributed by atoms with Gasteiger partial charge >= 0.3 is 6.03 Å². The first-order valence-corrected chi connectivity index (χ1v) is 8.86. The number of anilines is 2. The van der Waals surface area contributed by atoms with Gasteiger partial charge < -0.3 is 9.84 Å². The summed E-state index contributed by atoms with van der Waals surface area (Å²) >= 11 is 0. The molecule has 2 aromatic heterocycles. The highest BCUT2D eigenvalue weighted by atomic mass is 16.5. The van der Waals surface area contributed by atoms with E-state index in [0.29, 0.717) is 17.3 Å². The highest BCUT2D eigenvalue weighted by molar-refractivity contribution is 5.99. The fraction of sp³-hybridized carbons (Fsp3) is 0.200. The minimum atomic E-state index is -0.396. The topological polar surface area (TPSA) is 97.9 Å². The Morgan fingerprint density at radius 1 is 1.04 bits per heavy atom. The number of para-hydroxylation sites is 1. The van der Waals surface area contributed by atoms with Crippen molar-refractivity contribution in [2.45, 2.75) is 26.2 Å². The van der Waals surface area contributed by atoms with Gasteiger partial charge in [0.25, 0.3) is 0 Å². The van der Waals surface area contributed by atoms with Crippen LogP contribution < -0.4 is 10.6 Å². The van der Waals surface area contributed by atoms with Crippen molar-refractivity contribution in [2.75, 3.05) is 10.6 Å². The third kappa shape index (κ3) is 3.57. The lowest BCUT2D eigenvalue weighted by molar-refractivity contribution is 0.262. The van der Waals surface area contributed by atoms with Gasteiger partial charge in [-0.1, -0.05) is 43.3 Å². The summed E-state index contributed by atoms with van der Waals surface area (Å²) in [5.74, 6) is 1.07. The zero-order valence-electron chi connectivity index (χ0n) is 15.8. The normalized spacial score (nSPS) is 11.5. The van der Waals surface area contributed by atoms with E-state index < -0.39 is 6.03 Å². The van der Waals surface area contributed by atoms with Crippen LogP contribution in [0.3, 0.4) is 0 Å². The zero-order valence-corrected chi connectivity index (χ0v) is 15.8. The van der Waals surface area contributed by atoms with Crippen LogP contribution in [0.15, 0.2) is 59.1 Å². The molecule has 0 unspecified atom stereocenters. The van der Waals surface area contributed by atoms with Crippen LogP contribution in [0.25, 0.3) is 16.7 Å². The molecule has 0 bridgehead atoms. The SMILES string of the molecule is CC(C)(C)c1cc(NC(=O)Nc2ccc(-n3nnc4ccccc43)cc2)no1. The van der Waals surface area contributed by atoms with Crippen molar-refractivity contribution in [2.24, 2.45) is 0 Å². The number of benzene rings is 2. The molecule has 0 aliphatic carbocycles. The van der Waals surface area contributed by atoms with Crippen LogP contribution in [0.1, 0.15) is 26.5 Å². The molecule has 0 aliphatic rings. The average Bonchev–Trinajstić information content (AvgIpc) is 3.29. The second kappa shape index (κ2) is 6.80. The molecule has 0 radical (unpaired) electrons. The maximum Gasteiger partial charge on any atom is 0.324 e. The Morgan fingerprint density at radius 2 is 1.79 bits per heavy atom. The molecule has 4 rings (SSSR count). The molecule has 2 amide bonds. The molecule has 28 heavy (non-hydrogen) atoms. The standard InChI is InChI=1S/C20H20N6O2/c1-20(2,3)17-12-18(24-28-17)22-19(27)21-13-8-10-14(11-9-13)26-16-7-5-4-6-15(16)23-25-26/h4-12H,1-3H3,(H2,21,22,24,27). The Hall–Kier alpha value is -3.68. The third-order valence-electron chi connectivity index (χ3n) is 4.21. The molecule has 2 heterocycles. The van der Waals surface area contributed by atoms with Crippen LogP contribution in [0.5, 0.6) is 0 Å². The summed E-state index contributed by atoms with van der Waals surface area (Å²) in [6.45, 7) is 6.03. The van der Waals surface area contributed by atoms with Crippen LogP contribution in [0, 0.1) is 0 Å². The maximum atomic E-state index is 12.2. The molecule has 0 fully saturated rings. The first-order chi connectivity index (χ1) is 13.4. The molecule has 8 heteroatoms. The predicted molar refractivity (Wildman–Crippen MR) is 107 cm³/mol. The van der Waals surface area contributed by atoms with Gasteiger partial charge in [-0.2, -0.15) is 0 Å². The molecular formula is C20H20N6O2. The number of carbonyl (C=O) groups excluding carboxylic acids is 1. The number of fused-ring (bicyclic) bond motifs is 1. The van der Waals surface area contributed by atoms with Crippen LogP contribution in [0.2, 0.25) is 0 Å². The molecule has 0 aliphatic heterocycles. The second-order valence-corrected chi connectivity index (χ2v) is 7.44. The largest absolute Gasteiger partial charge is 0.359 e. The van der Waals surface area contributed by atoms with Gasteiger partial charge in [0.05, 0.1) is 11.2 Å². The molecule has 2 aromatic carbocycles. The van der Waals surface area contributed by atoms with E-state index in [9.17, 15) is 4.79 Å². The summed E-state index contributed by atoms with van der Waals surface area (Å²) < 4.78 is 7.02. The summed E-state index contributed by atoms with van der Waals surface area (Å²) in [5, 5.41) is 17.6. The predicted octanol–water partition coefficient (Wildman–Crippen LogP) is 4.35. The highest BCUT2D eigenvalue weighted by Gasteiger charge is 2.20. The second-order valence-electron chi connectivity index (χ2n) is 7.44. The number of urea groups is 1. The molecule has 0 spiro atoms. The van der Waals surface area contributed by atoms with Crippen molar-refractivity contribution in [3.8, 4) is 5.69 Å². The van der Waals surface area contributed by atoms with Gasteiger partial charge in [-0.25, -0.2) is 9.48 Å². The molecule has 0 saturated carbocycles. The summed E-state index contributed by atoms with van der Waals surface area (Å²) in [6, 6.07) is 16.4. The van der Waals surface area contributed by atoms with Gasteiger partial charge in [-0.15, -0.1) is 5.10 Å². The molecular weight excluding hydrogens is 356 g/mol. The van der Waals surface area contributed by atoms with E-state index in [1.54, 1.807) is 22.9 Å². The highest BCUT2D eigenvalue weighted by Crippen LogP contribution is 2.24. The van der Waals surface area contributed by atoms with Crippen LogP contribution in [0.4, 0.5) is 16.3 Å². The van der Waals surface area contributed by atoms with Gasteiger partial charge in [0.1, 0.15) is 11.3 Å². The van der Waals surface area contributed by atoms with E-state index in [2.05, 4.69) is 26.1 Å². The smallest absolute Gasteiger partial charge is 0.324 e. The first kappa shape index (κ1) is 17.7. The molecule has 142 valence electrons. The Bertz CT molecular complexity index is 1120. The Morgan fingerprint density at radius 3 is 2.50 bits per heavy atom. The minimum absolute atomic E-state index is 0.176. The zero-order chi connectivity index (χ0) is 19.7. The third-order valence-corrected chi connectivity index (χ3v) is 4.21. The lowest BCUT2D eigenvalue weighted by atomic mass is 9.93. The van der Waals surface area contributed by atoms with E-state index in [-0.39, 0.29) is 5.41 Å². The van der Waals surface area contributed by atoms with Gasteiger partial charge in [0.2, 0.25) is 0 Å². The lowest BCUT2D eigenvalue weighted by Crippen LogP contribution is -2.19. The average molecular weight is 376 g/mol. The molecule has 4 aromatic rings. The van der Waals surface area contributed by atoms with Gasteiger partial charge in [0, 0.05) is 17.2 Å². The van der Waals surface area contributed by atoms with Gasteiger partial charge in [-0.3, -0.25) is 5.32 Å². The number of hydrogen-bond acceptors (Lipinski definition) is 5. The van der Waals surface area contributed by atoms with E-state index in [4.69, 9.17) is 4.52 Å². The molecule has 8 nitrogen and oxygen atoms in total. The van der Waals surface area contributed by atoms with E-state index in [1.807, 2.05) is 57.2 Å². The van der Waals surface area contributed by atoms with Crippen molar-refractivity contribution < 1.29 is 9.32 Å². The molecule has 0 saturated heterocycles. The Balaban J connectivity index is 1.44. The van der Waals surface area contributed by atoms with Crippen molar-refractivity contribution >= 4 is 28.6 Å². The Labute approximate surface area is 161 Å². The Kier molecular flexibility index (Phi) is 4.31. The molecule has 2 N–H and O–H groups in total. The minimum Gasteiger partial charge on any atom is -0.359 e. The summed E-state index contributed by atoms with van der Waals surface area (Å²) in [5.41, 5.74) is 3.06. The fourth-order valence-electron chi connectivity index (χ4n) is 2.71.